The van der Waals surface area contributed by atoms with Crippen molar-refractivity contribution in [2.45, 2.75) is 6.61 Å². The second-order valence-corrected chi connectivity index (χ2v) is 2.04. The van der Waals surface area contributed by atoms with Crippen LogP contribution in [0.5, 0.6) is 0 Å². The molecule has 0 bridgehead atoms. The maximum absolute atomic E-state index is 10.6. The smallest absolute Gasteiger partial charge is 0.297 e. The number of hydrazine groups is 1. The van der Waals surface area contributed by atoms with Gasteiger partial charge in [-0.1, -0.05) is 0 Å². The molecule has 0 amide bonds. The summed E-state index contributed by atoms with van der Waals surface area (Å²) in [7, 11) is 0. The van der Waals surface area contributed by atoms with Crippen LogP contribution in [0.15, 0.2) is 18.2 Å². The lowest BCUT2D eigenvalue weighted by Gasteiger charge is -1.93. The van der Waals surface area contributed by atoms with Gasteiger partial charge in [0.05, 0.1) is 17.1 Å². The van der Waals surface area contributed by atoms with Gasteiger partial charge in [0.2, 0.25) is 0 Å². The first-order valence-electron chi connectivity index (χ1n) is 3.07. The number of rotatable bonds is 2. The molecule has 4 heteroatoms. The number of nitroso groups, excluding NO2 is 1. The SMILES string of the molecule is N[N+](=O)c1cc[c]cc1CO. The molecule has 1 aromatic carbocycles. The van der Waals surface area contributed by atoms with E-state index in [4.69, 9.17) is 10.9 Å². The molecule has 0 heterocycles. The number of nitrogens with zero attached hydrogens (tertiary/aromatic N) is 1. The summed E-state index contributed by atoms with van der Waals surface area (Å²) < 4.78 is 0. The Morgan fingerprint density at radius 1 is 1.73 bits per heavy atom. The number of nitrogens with two attached hydrogens (primary N) is 1. The molecule has 0 spiro atoms. The van der Waals surface area contributed by atoms with Gasteiger partial charge in [-0.05, 0) is 18.2 Å². The lowest BCUT2D eigenvalue weighted by molar-refractivity contribution is -0.475. The number of aliphatic hydroxyl groups excluding tert-OH is 1. The Kier molecular flexibility index (Phi) is 2.18. The molecular weight excluding hydrogens is 144 g/mol. The van der Waals surface area contributed by atoms with Crippen LogP contribution >= 0.6 is 0 Å². The summed E-state index contributed by atoms with van der Waals surface area (Å²) in [5.41, 5.74) is 0.747. The second-order valence-electron chi connectivity index (χ2n) is 2.04. The molecule has 3 N–H and O–H groups in total. The summed E-state index contributed by atoms with van der Waals surface area (Å²) in [6.45, 7) is -0.206. The average molecular weight is 152 g/mol. The summed E-state index contributed by atoms with van der Waals surface area (Å²) >= 11 is 0. The first-order valence-corrected chi connectivity index (χ1v) is 3.07. The largest absolute Gasteiger partial charge is 0.391 e. The van der Waals surface area contributed by atoms with Gasteiger partial charge in [-0.15, -0.1) is 0 Å². The fourth-order valence-electron chi connectivity index (χ4n) is 0.798. The van der Waals surface area contributed by atoms with Crippen LogP contribution in [0.3, 0.4) is 0 Å². The topological polar surface area (TPSA) is 66.3 Å². The van der Waals surface area contributed by atoms with Crippen molar-refractivity contribution in [2.24, 2.45) is 5.84 Å². The lowest BCUT2D eigenvalue weighted by Crippen LogP contribution is -2.10. The molecule has 1 aromatic rings. The Hall–Kier alpha value is -1.42. The van der Waals surface area contributed by atoms with Gasteiger partial charge in [0.15, 0.2) is 4.87 Å². The molecule has 11 heavy (non-hydrogen) atoms. The molecule has 0 aliphatic heterocycles. The van der Waals surface area contributed by atoms with E-state index in [1.807, 2.05) is 0 Å². The Morgan fingerprint density at radius 3 is 2.91 bits per heavy atom. The fraction of sp³-hybridized carbons (Fsp3) is 0.143. The van der Waals surface area contributed by atoms with Crippen molar-refractivity contribution in [3.05, 3.63) is 34.7 Å². The summed E-state index contributed by atoms with van der Waals surface area (Å²) in [5, 5.41) is 8.73. The van der Waals surface area contributed by atoms with Gasteiger partial charge in [-0.3, -0.25) is 0 Å². The minimum atomic E-state index is -0.206. The zero-order valence-corrected chi connectivity index (χ0v) is 5.82. The predicted molar refractivity (Wildman–Crippen MR) is 38.7 cm³/mol. The van der Waals surface area contributed by atoms with E-state index in [0.717, 1.165) is 0 Å². The van der Waals surface area contributed by atoms with Gasteiger partial charge >= 0.3 is 0 Å². The van der Waals surface area contributed by atoms with E-state index in [1.54, 1.807) is 6.07 Å². The molecule has 0 atom stereocenters. The zero-order chi connectivity index (χ0) is 8.27. The van der Waals surface area contributed by atoms with E-state index < -0.39 is 0 Å². The summed E-state index contributed by atoms with van der Waals surface area (Å²) in [6, 6.07) is 7.31. The van der Waals surface area contributed by atoms with Crippen LogP contribution in [0.2, 0.25) is 0 Å². The van der Waals surface area contributed by atoms with Crippen molar-refractivity contribution >= 4 is 5.69 Å². The number of hydrogen-bond acceptors (Lipinski definition) is 2. The Balaban J connectivity index is 3.12. The zero-order valence-electron chi connectivity index (χ0n) is 5.82. The van der Waals surface area contributed by atoms with Crippen molar-refractivity contribution in [3.63, 3.8) is 0 Å². The van der Waals surface area contributed by atoms with Crippen LogP contribution in [-0.2, 0) is 6.61 Å². The van der Waals surface area contributed by atoms with Gasteiger partial charge in [0.1, 0.15) is 0 Å². The number of benzene rings is 1. The van der Waals surface area contributed by atoms with Crippen molar-refractivity contribution in [1.82, 2.24) is 0 Å². The molecular formula is C7H8N2O2+. The van der Waals surface area contributed by atoms with Gasteiger partial charge in [-0.25, -0.2) is 0 Å². The monoisotopic (exact) mass is 152 g/mol. The van der Waals surface area contributed by atoms with E-state index in [2.05, 4.69) is 6.07 Å². The minimum Gasteiger partial charge on any atom is -0.391 e. The highest BCUT2D eigenvalue weighted by Crippen LogP contribution is 2.14. The third kappa shape index (κ3) is 1.53. The highest BCUT2D eigenvalue weighted by atomic mass is 16.3. The van der Waals surface area contributed by atoms with E-state index >= 15 is 0 Å². The quantitative estimate of drug-likeness (QED) is 0.363. The van der Waals surface area contributed by atoms with E-state index in [0.29, 0.717) is 5.56 Å². The van der Waals surface area contributed by atoms with Crippen LogP contribution in [0.1, 0.15) is 5.56 Å². The second kappa shape index (κ2) is 3.12. The summed E-state index contributed by atoms with van der Waals surface area (Å²) in [4.78, 5) is 10.8. The van der Waals surface area contributed by atoms with Gasteiger partial charge in [0.25, 0.3) is 5.69 Å². The van der Waals surface area contributed by atoms with Crippen LogP contribution in [0.25, 0.3) is 0 Å². The molecule has 1 rings (SSSR count). The van der Waals surface area contributed by atoms with Crippen molar-refractivity contribution in [3.8, 4) is 0 Å². The van der Waals surface area contributed by atoms with Crippen molar-refractivity contribution in [1.29, 1.82) is 0 Å². The van der Waals surface area contributed by atoms with Crippen molar-refractivity contribution < 1.29 is 9.98 Å². The molecule has 0 aliphatic carbocycles. The predicted octanol–water partition coefficient (Wildman–Crippen LogP) is 0.263. The van der Waals surface area contributed by atoms with Crippen LogP contribution in [0.4, 0.5) is 5.69 Å². The molecule has 0 aromatic heterocycles. The minimum absolute atomic E-state index is 0.206. The summed E-state index contributed by atoms with van der Waals surface area (Å²) in [5.74, 6) is 4.94. The van der Waals surface area contributed by atoms with Crippen molar-refractivity contribution in [2.75, 3.05) is 0 Å². The van der Waals surface area contributed by atoms with E-state index in [1.165, 1.54) is 12.1 Å². The molecule has 4 nitrogen and oxygen atoms in total. The molecule has 0 saturated heterocycles. The standard InChI is InChI=1S/C7H8N2O2/c8-9(11)7-4-2-1-3-6(7)5-10/h2-4,10H,5H2,(H2,8,11)/q+1. The fourth-order valence-corrected chi connectivity index (χ4v) is 0.798. The maximum Gasteiger partial charge on any atom is 0.297 e. The maximum atomic E-state index is 10.6. The Morgan fingerprint density at radius 2 is 2.45 bits per heavy atom. The van der Waals surface area contributed by atoms with Crippen LogP contribution < -0.4 is 5.84 Å². The average Bonchev–Trinajstić information content (AvgIpc) is 2.04. The first-order chi connectivity index (χ1) is 5.25. The van der Waals surface area contributed by atoms with E-state index in [-0.39, 0.29) is 17.2 Å². The molecule has 0 aliphatic rings. The lowest BCUT2D eigenvalue weighted by atomic mass is 10.2. The molecule has 57 valence electrons. The molecule has 0 unspecified atom stereocenters. The van der Waals surface area contributed by atoms with Crippen LogP contribution in [0, 0.1) is 11.0 Å². The Labute approximate surface area is 63.8 Å². The van der Waals surface area contributed by atoms with Gasteiger partial charge in [0, 0.05) is 6.07 Å². The first kappa shape index (κ1) is 7.68. The number of aliphatic hydroxyl groups is 1. The van der Waals surface area contributed by atoms with Gasteiger partial charge in [-0.2, -0.15) is 5.84 Å². The third-order valence-electron chi connectivity index (χ3n) is 1.33. The normalized spacial score (nSPS) is 9.55. The summed E-state index contributed by atoms with van der Waals surface area (Å²) in [6.07, 6.45) is 0. The number of hydrogen-bond donors (Lipinski definition) is 2. The highest BCUT2D eigenvalue weighted by Gasteiger charge is 2.13. The Bertz CT molecular complexity index is 273. The molecule has 0 fully saturated rings. The van der Waals surface area contributed by atoms with Crippen LogP contribution in [-0.4, -0.2) is 9.98 Å². The van der Waals surface area contributed by atoms with E-state index in [9.17, 15) is 4.91 Å². The third-order valence-corrected chi connectivity index (χ3v) is 1.33. The highest BCUT2D eigenvalue weighted by molar-refractivity contribution is 5.38. The van der Waals surface area contributed by atoms with Gasteiger partial charge < -0.3 is 5.11 Å². The molecule has 0 saturated carbocycles. The molecule has 1 radical (unpaired) electrons.